The molecule has 0 unspecified atom stereocenters. The van der Waals surface area contributed by atoms with E-state index in [2.05, 4.69) is 16.9 Å². The van der Waals surface area contributed by atoms with Crippen molar-refractivity contribution < 1.29 is 19.1 Å². The molecule has 1 aromatic heterocycles. The Morgan fingerprint density at radius 1 is 1.19 bits per heavy atom. The van der Waals surface area contributed by atoms with Crippen LogP contribution in [0.2, 0.25) is 0 Å². The van der Waals surface area contributed by atoms with Crippen LogP contribution in [0.15, 0.2) is 61.3 Å². The van der Waals surface area contributed by atoms with E-state index >= 15 is 0 Å². The number of nitrogens with zero attached hydrogens (tertiary/aromatic N) is 2. The Balaban J connectivity index is 2.32. The Hall–Kier alpha value is -3.35. The van der Waals surface area contributed by atoms with E-state index < -0.39 is 17.7 Å². The lowest BCUT2D eigenvalue weighted by molar-refractivity contribution is -0.120. The molecule has 2 amide bonds. The molecule has 2 rings (SSSR count). The molecule has 0 bridgehead atoms. The van der Waals surface area contributed by atoms with E-state index in [9.17, 15) is 9.59 Å². The van der Waals surface area contributed by atoms with Gasteiger partial charge in [-0.2, -0.15) is 0 Å². The monoisotopic (exact) mass is 425 g/mol. The number of aromatic nitrogens is 1. The van der Waals surface area contributed by atoms with Gasteiger partial charge in [-0.25, -0.2) is 9.78 Å². The van der Waals surface area contributed by atoms with Gasteiger partial charge in [0.25, 0.3) is 0 Å². The van der Waals surface area contributed by atoms with E-state index in [1.165, 1.54) is 7.11 Å². The second-order valence-corrected chi connectivity index (χ2v) is 8.01. The number of hydrogen-bond acceptors (Lipinski definition) is 5. The lowest BCUT2D eigenvalue weighted by Gasteiger charge is -2.29. The summed E-state index contributed by atoms with van der Waals surface area (Å²) >= 11 is 0. The number of nitrogens with one attached hydrogen (secondary N) is 1. The average Bonchev–Trinajstić information content (AvgIpc) is 2.73. The quantitative estimate of drug-likeness (QED) is 0.611. The third-order valence-corrected chi connectivity index (χ3v) is 4.34. The van der Waals surface area contributed by atoms with Gasteiger partial charge in [0.15, 0.2) is 0 Å². The number of carbonyl (C=O) groups excluding carboxylic acids is 2. The van der Waals surface area contributed by atoms with Crippen molar-refractivity contribution >= 4 is 17.7 Å². The molecule has 0 saturated carbocycles. The molecule has 166 valence electrons. The van der Waals surface area contributed by atoms with E-state index in [0.29, 0.717) is 31.0 Å². The van der Waals surface area contributed by atoms with Gasteiger partial charge in [0, 0.05) is 19.0 Å². The number of methoxy groups -OCH3 is 1. The van der Waals surface area contributed by atoms with Crippen molar-refractivity contribution in [2.45, 2.75) is 45.3 Å². The van der Waals surface area contributed by atoms with E-state index in [4.69, 9.17) is 9.47 Å². The Kier molecular flexibility index (Phi) is 8.61. The molecule has 1 N–H and O–H groups in total. The molecule has 0 aliphatic rings. The predicted octanol–water partition coefficient (Wildman–Crippen LogP) is 4.14. The molecule has 7 heteroatoms. The van der Waals surface area contributed by atoms with Gasteiger partial charge in [0.1, 0.15) is 11.6 Å². The summed E-state index contributed by atoms with van der Waals surface area (Å²) in [5.41, 5.74) is 0.859. The molecule has 0 aliphatic carbocycles. The predicted molar refractivity (Wildman–Crippen MR) is 121 cm³/mol. The van der Waals surface area contributed by atoms with Gasteiger partial charge in [-0.15, -0.1) is 6.58 Å². The number of benzene rings is 1. The van der Waals surface area contributed by atoms with Crippen LogP contribution in [-0.2, 0) is 16.0 Å². The van der Waals surface area contributed by atoms with Gasteiger partial charge in [0.05, 0.1) is 19.0 Å². The van der Waals surface area contributed by atoms with Crippen molar-refractivity contribution in [3.8, 4) is 5.88 Å². The Morgan fingerprint density at radius 2 is 1.90 bits per heavy atom. The minimum absolute atomic E-state index is 0.261. The SMILES string of the molecule is C=CCCN(C(=O)[C@H](Cc1ccccc1)NC(=O)OC(C)(C)C)c1ccc(OC)nc1. The number of anilines is 1. The van der Waals surface area contributed by atoms with Gasteiger partial charge < -0.3 is 19.7 Å². The number of ether oxygens (including phenoxy) is 2. The first-order chi connectivity index (χ1) is 14.7. The van der Waals surface area contributed by atoms with Gasteiger partial charge in [0.2, 0.25) is 11.8 Å². The third kappa shape index (κ3) is 7.77. The summed E-state index contributed by atoms with van der Waals surface area (Å²) in [5, 5.41) is 2.75. The summed E-state index contributed by atoms with van der Waals surface area (Å²) in [6.07, 6.45) is 3.59. The summed E-state index contributed by atoms with van der Waals surface area (Å²) in [6, 6.07) is 12.2. The molecule has 2 aromatic rings. The molecule has 31 heavy (non-hydrogen) atoms. The first-order valence-electron chi connectivity index (χ1n) is 10.2. The van der Waals surface area contributed by atoms with Crippen LogP contribution in [0.1, 0.15) is 32.8 Å². The van der Waals surface area contributed by atoms with E-state index in [0.717, 1.165) is 5.56 Å². The van der Waals surface area contributed by atoms with E-state index in [1.54, 1.807) is 50.1 Å². The van der Waals surface area contributed by atoms with Gasteiger partial charge in [-0.1, -0.05) is 36.4 Å². The molecule has 0 aliphatic heterocycles. The zero-order valence-corrected chi connectivity index (χ0v) is 18.6. The van der Waals surface area contributed by atoms with Crippen LogP contribution in [0, 0.1) is 0 Å². The highest BCUT2D eigenvalue weighted by molar-refractivity contribution is 5.98. The maximum absolute atomic E-state index is 13.6. The second kappa shape index (κ2) is 11.2. The molecule has 0 radical (unpaired) electrons. The lowest BCUT2D eigenvalue weighted by atomic mass is 10.0. The highest BCUT2D eigenvalue weighted by atomic mass is 16.6. The zero-order chi connectivity index (χ0) is 22.9. The summed E-state index contributed by atoms with van der Waals surface area (Å²) < 4.78 is 10.5. The van der Waals surface area contributed by atoms with Crippen molar-refractivity contribution in [1.82, 2.24) is 10.3 Å². The van der Waals surface area contributed by atoms with Crippen LogP contribution < -0.4 is 15.0 Å². The summed E-state index contributed by atoms with van der Waals surface area (Å²) in [5.74, 6) is 0.191. The fraction of sp³-hybridized carbons (Fsp3) is 0.375. The van der Waals surface area contributed by atoms with E-state index in [1.807, 2.05) is 30.3 Å². The summed E-state index contributed by atoms with van der Waals surface area (Å²) in [6.45, 7) is 9.48. The van der Waals surface area contributed by atoms with Crippen molar-refractivity contribution in [2.24, 2.45) is 0 Å². The molecular weight excluding hydrogens is 394 g/mol. The Labute approximate surface area is 184 Å². The van der Waals surface area contributed by atoms with Crippen LogP contribution in [0.4, 0.5) is 10.5 Å². The third-order valence-electron chi connectivity index (χ3n) is 4.34. The zero-order valence-electron chi connectivity index (χ0n) is 18.6. The molecule has 1 atom stereocenters. The molecule has 0 saturated heterocycles. The van der Waals surface area contributed by atoms with Gasteiger partial charge in [-0.05, 0) is 38.8 Å². The molecule has 7 nitrogen and oxygen atoms in total. The van der Waals surface area contributed by atoms with Crippen molar-refractivity contribution in [3.63, 3.8) is 0 Å². The number of carbonyl (C=O) groups is 2. The summed E-state index contributed by atoms with van der Waals surface area (Å²) in [4.78, 5) is 31.8. The summed E-state index contributed by atoms with van der Waals surface area (Å²) in [7, 11) is 1.53. The molecule has 1 heterocycles. The smallest absolute Gasteiger partial charge is 0.408 e. The molecular formula is C24H31N3O4. The normalized spacial score (nSPS) is 11.9. The largest absolute Gasteiger partial charge is 0.481 e. The minimum atomic E-state index is -0.816. The highest BCUT2D eigenvalue weighted by Gasteiger charge is 2.29. The van der Waals surface area contributed by atoms with Gasteiger partial charge >= 0.3 is 6.09 Å². The molecule has 1 aromatic carbocycles. The number of rotatable bonds is 9. The Morgan fingerprint density at radius 3 is 2.45 bits per heavy atom. The van der Waals surface area contributed by atoms with Crippen LogP contribution >= 0.6 is 0 Å². The maximum atomic E-state index is 13.6. The van der Waals surface area contributed by atoms with E-state index in [-0.39, 0.29) is 5.91 Å². The molecule has 0 spiro atoms. The first kappa shape index (κ1) is 23.9. The van der Waals surface area contributed by atoms with Crippen molar-refractivity contribution in [1.29, 1.82) is 0 Å². The number of hydrogen-bond donors (Lipinski definition) is 1. The van der Waals surface area contributed by atoms with Crippen LogP contribution in [0.25, 0.3) is 0 Å². The fourth-order valence-corrected chi connectivity index (χ4v) is 2.93. The maximum Gasteiger partial charge on any atom is 0.408 e. The lowest BCUT2D eigenvalue weighted by Crippen LogP contribution is -2.51. The Bertz CT molecular complexity index is 861. The average molecular weight is 426 g/mol. The van der Waals surface area contributed by atoms with Crippen molar-refractivity contribution in [3.05, 3.63) is 66.9 Å². The highest BCUT2D eigenvalue weighted by Crippen LogP contribution is 2.19. The van der Waals surface area contributed by atoms with Crippen LogP contribution in [0.3, 0.4) is 0 Å². The van der Waals surface area contributed by atoms with Crippen LogP contribution in [-0.4, -0.2) is 42.3 Å². The topological polar surface area (TPSA) is 80.8 Å². The van der Waals surface area contributed by atoms with Crippen molar-refractivity contribution in [2.75, 3.05) is 18.6 Å². The first-order valence-corrected chi connectivity index (χ1v) is 10.2. The van der Waals surface area contributed by atoms with Gasteiger partial charge in [-0.3, -0.25) is 4.79 Å². The number of amides is 2. The number of pyridine rings is 1. The standard InChI is InChI=1S/C24H31N3O4/c1-6-7-15-27(19-13-14-21(30-5)25-17-19)22(28)20(16-18-11-9-8-10-12-18)26-23(29)31-24(2,3)4/h6,8-14,17,20H,1,7,15-16H2,2-5H3,(H,26,29)/t20-/m0/s1. The minimum Gasteiger partial charge on any atom is -0.481 e. The van der Waals surface area contributed by atoms with Crippen LogP contribution in [0.5, 0.6) is 5.88 Å². The second-order valence-electron chi connectivity index (χ2n) is 8.01. The fourth-order valence-electron chi connectivity index (χ4n) is 2.93. The number of alkyl carbamates (subject to hydrolysis) is 1. The molecule has 0 fully saturated rings.